The summed E-state index contributed by atoms with van der Waals surface area (Å²) in [4.78, 5) is 0. The molecule has 42 heavy (non-hydrogen) atoms. The van der Waals surface area contributed by atoms with Crippen LogP contribution < -0.4 is 0 Å². The molecule has 1 heterocycles. The van der Waals surface area contributed by atoms with Crippen LogP contribution in [-0.2, 0) is 9.47 Å². The lowest BCUT2D eigenvalue weighted by Gasteiger charge is -2.68. The van der Waals surface area contributed by atoms with E-state index in [4.69, 9.17) is 9.47 Å². The van der Waals surface area contributed by atoms with Crippen LogP contribution >= 0.6 is 0 Å². The van der Waals surface area contributed by atoms with Crippen molar-refractivity contribution >= 4 is 0 Å². The predicted molar refractivity (Wildman–Crippen MR) is 159 cm³/mol. The lowest BCUT2D eigenvalue weighted by molar-refractivity contribution is -0.330. The minimum absolute atomic E-state index is 0.0117. The molecule has 5 aliphatic rings. The average Bonchev–Trinajstić information content (AvgIpc) is 3.39. The summed E-state index contributed by atoms with van der Waals surface area (Å²) in [6.45, 7) is 13.1. The largest absolute Gasteiger partial charge is 0.394 e. The number of fused-ring (bicyclic) bond motifs is 5. The van der Waals surface area contributed by atoms with Crippen LogP contribution in [0.5, 0.6) is 0 Å². The summed E-state index contributed by atoms with van der Waals surface area (Å²) in [7, 11) is 0. The molecule has 1 saturated heterocycles. The molecule has 0 bridgehead atoms. The van der Waals surface area contributed by atoms with E-state index in [-0.39, 0.29) is 40.3 Å². The molecule has 0 aromatic carbocycles. The molecule has 4 aliphatic carbocycles. The van der Waals surface area contributed by atoms with Gasteiger partial charge in [-0.2, -0.15) is 0 Å². The quantitative estimate of drug-likeness (QED) is 0.194. The number of ether oxygens (including phenoxy) is 2. The minimum atomic E-state index is -1.45. The van der Waals surface area contributed by atoms with Crippen molar-refractivity contribution in [1.82, 2.24) is 0 Å². The van der Waals surface area contributed by atoms with Gasteiger partial charge in [0.1, 0.15) is 24.4 Å². The lowest BCUT2D eigenvalue weighted by Crippen LogP contribution is -2.65. The minimum Gasteiger partial charge on any atom is -0.394 e. The van der Waals surface area contributed by atoms with Gasteiger partial charge in [0, 0.05) is 0 Å². The highest BCUT2D eigenvalue weighted by Gasteiger charge is 2.67. The fourth-order valence-corrected chi connectivity index (χ4v) is 11.1. The number of aliphatic hydroxyl groups is 6. The Morgan fingerprint density at radius 2 is 1.60 bits per heavy atom. The van der Waals surface area contributed by atoms with Gasteiger partial charge in [-0.25, -0.2) is 0 Å². The third-order valence-electron chi connectivity index (χ3n) is 13.2. The smallest absolute Gasteiger partial charge is 0.186 e. The topological polar surface area (TPSA) is 140 Å². The van der Waals surface area contributed by atoms with Crippen LogP contribution in [0, 0.1) is 45.8 Å². The second-order valence-electron chi connectivity index (χ2n) is 16.0. The van der Waals surface area contributed by atoms with Crippen LogP contribution in [-0.4, -0.2) is 86.3 Å². The molecule has 5 rings (SSSR count). The first-order valence-electron chi connectivity index (χ1n) is 16.6. The zero-order valence-corrected chi connectivity index (χ0v) is 26.7. The highest BCUT2D eigenvalue weighted by molar-refractivity contribution is 5.15. The summed E-state index contributed by atoms with van der Waals surface area (Å²) in [5.41, 5.74) is 1.15. The molecule has 0 radical (unpaired) electrons. The van der Waals surface area contributed by atoms with Crippen molar-refractivity contribution in [3.63, 3.8) is 0 Å². The van der Waals surface area contributed by atoms with E-state index < -0.39 is 43.4 Å². The normalized spacial score (nSPS) is 50.8. The molecule has 0 aromatic rings. The lowest BCUT2D eigenvalue weighted by atomic mass is 9.38. The molecule has 242 valence electrons. The Hall–Kier alpha value is -0.580. The summed E-state index contributed by atoms with van der Waals surface area (Å²) < 4.78 is 12.1. The van der Waals surface area contributed by atoms with Gasteiger partial charge in [0.2, 0.25) is 0 Å². The van der Waals surface area contributed by atoms with E-state index in [2.05, 4.69) is 47.6 Å². The summed E-state index contributed by atoms with van der Waals surface area (Å²) in [6.07, 6.45) is 3.15. The molecular formula is C34H58O8. The SMILES string of the molecule is CC(C)=CCCC(O)C1CCC2C1[C@H](O)CC1[C@@]2(C)CCC2C(C)(C)[C@@H](O[C@@H]3OC(CO)[C@@H](O)C(O)C3O)CC[C@@]21C. The van der Waals surface area contributed by atoms with Gasteiger partial charge in [-0.3, -0.25) is 0 Å². The Kier molecular flexibility index (Phi) is 9.35. The van der Waals surface area contributed by atoms with Crippen LogP contribution in [0.3, 0.4) is 0 Å². The van der Waals surface area contributed by atoms with Crippen molar-refractivity contribution < 1.29 is 40.1 Å². The Morgan fingerprint density at radius 3 is 2.26 bits per heavy atom. The molecule has 1 aliphatic heterocycles. The number of hydrogen-bond acceptors (Lipinski definition) is 8. The molecule has 4 saturated carbocycles. The van der Waals surface area contributed by atoms with E-state index in [1.807, 2.05) is 0 Å². The Bertz CT molecular complexity index is 979. The molecule has 0 spiro atoms. The van der Waals surface area contributed by atoms with Crippen LogP contribution in [0.25, 0.3) is 0 Å². The van der Waals surface area contributed by atoms with Gasteiger partial charge < -0.3 is 40.1 Å². The van der Waals surface area contributed by atoms with Gasteiger partial charge in [-0.15, -0.1) is 0 Å². The Balaban J connectivity index is 1.32. The van der Waals surface area contributed by atoms with Crippen molar-refractivity contribution in [3.8, 4) is 0 Å². The Morgan fingerprint density at radius 1 is 0.905 bits per heavy atom. The van der Waals surface area contributed by atoms with Crippen LogP contribution in [0.15, 0.2) is 11.6 Å². The van der Waals surface area contributed by atoms with Crippen molar-refractivity contribution in [2.75, 3.05) is 6.61 Å². The summed E-state index contributed by atoms with van der Waals surface area (Å²) in [6, 6.07) is 0. The van der Waals surface area contributed by atoms with E-state index in [0.29, 0.717) is 17.8 Å². The fraction of sp³-hybridized carbons (Fsp3) is 0.941. The summed E-state index contributed by atoms with van der Waals surface area (Å²) >= 11 is 0. The van der Waals surface area contributed by atoms with Gasteiger partial charge in [0.25, 0.3) is 0 Å². The van der Waals surface area contributed by atoms with Crippen molar-refractivity contribution in [1.29, 1.82) is 0 Å². The van der Waals surface area contributed by atoms with Crippen LogP contribution in [0.4, 0.5) is 0 Å². The van der Waals surface area contributed by atoms with E-state index in [0.717, 1.165) is 57.8 Å². The van der Waals surface area contributed by atoms with Gasteiger partial charge in [-0.05, 0) is 117 Å². The molecule has 8 heteroatoms. The predicted octanol–water partition coefficient (Wildman–Crippen LogP) is 3.54. The maximum Gasteiger partial charge on any atom is 0.186 e. The number of allylic oxidation sites excluding steroid dienone is 2. The molecule has 15 atom stereocenters. The van der Waals surface area contributed by atoms with Gasteiger partial charge >= 0.3 is 0 Å². The van der Waals surface area contributed by atoms with Crippen molar-refractivity contribution in [3.05, 3.63) is 11.6 Å². The molecule has 0 aromatic heterocycles. The second-order valence-corrected chi connectivity index (χ2v) is 16.0. The second kappa shape index (κ2) is 12.0. The first-order chi connectivity index (χ1) is 19.7. The molecule has 9 unspecified atom stereocenters. The number of hydrogen-bond donors (Lipinski definition) is 6. The molecule has 6 N–H and O–H groups in total. The number of rotatable bonds is 7. The monoisotopic (exact) mass is 594 g/mol. The maximum atomic E-state index is 11.7. The highest BCUT2D eigenvalue weighted by atomic mass is 16.7. The van der Waals surface area contributed by atoms with Gasteiger partial charge in [0.15, 0.2) is 6.29 Å². The zero-order valence-electron chi connectivity index (χ0n) is 26.7. The molecule has 5 fully saturated rings. The van der Waals surface area contributed by atoms with E-state index in [1.165, 1.54) is 5.57 Å². The van der Waals surface area contributed by atoms with E-state index in [9.17, 15) is 30.6 Å². The highest BCUT2D eigenvalue weighted by Crippen LogP contribution is 2.71. The van der Waals surface area contributed by atoms with Gasteiger partial charge in [-0.1, -0.05) is 39.3 Å². The molecular weight excluding hydrogens is 536 g/mol. The van der Waals surface area contributed by atoms with Gasteiger partial charge in [0.05, 0.1) is 24.9 Å². The third-order valence-corrected chi connectivity index (χ3v) is 13.2. The van der Waals surface area contributed by atoms with E-state index in [1.54, 1.807) is 0 Å². The van der Waals surface area contributed by atoms with E-state index >= 15 is 0 Å². The zero-order chi connectivity index (χ0) is 30.8. The number of aliphatic hydroxyl groups excluding tert-OH is 6. The summed E-state index contributed by atoms with van der Waals surface area (Å²) in [5.74, 6) is 1.44. The van der Waals surface area contributed by atoms with Crippen LogP contribution in [0.2, 0.25) is 0 Å². The molecule has 0 amide bonds. The Labute approximate surface area is 252 Å². The molecule has 8 nitrogen and oxygen atoms in total. The average molecular weight is 595 g/mol. The first-order valence-corrected chi connectivity index (χ1v) is 16.6. The van der Waals surface area contributed by atoms with Crippen molar-refractivity contribution in [2.45, 2.75) is 148 Å². The standard InChI is InChI=1S/C34H58O8/c1-18(2)8-7-9-21(36)19-10-11-20-27(19)22(37)16-25-33(20,5)14-12-24-32(3,4)26(13-15-34(24,25)6)42-31-30(40)29(39)28(38)23(17-35)41-31/h8,19-31,35-40H,7,9-17H2,1-6H3/t19?,20?,21?,22-,23?,24?,25?,26+,27?,28-,29?,30?,31+,33+,34+/m1/s1. The fourth-order valence-electron chi connectivity index (χ4n) is 11.1. The first kappa shape index (κ1) is 32.8. The van der Waals surface area contributed by atoms with Crippen LogP contribution in [0.1, 0.15) is 99.3 Å². The third kappa shape index (κ3) is 5.34. The maximum absolute atomic E-state index is 11.7. The van der Waals surface area contributed by atoms with Crippen molar-refractivity contribution in [2.24, 2.45) is 45.8 Å². The summed E-state index contributed by atoms with van der Waals surface area (Å²) in [5, 5.41) is 63.8.